The Balaban J connectivity index is 5.18. The highest BCUT2D eigenvalue weighted by atomic mass is 31.2. The van der Waals surface area contributed by atoms with Crippen LogP contribution in [0, 0.1) is 23.7 Å². The van der Waals surface area contributed by atoms with Gasteiger partial charge in [-0.25, -0.2) is 9.13 Å². The minimum Gasteiger partial charge on any atom is -0.462 e. The zero-order valence-electron chi connectivity index (χ0n) is 63.0. The predicted octanol–water partition coefficient (Wildman–Crippen LogP) is 22.4. The zero-order valence-corrected chi connectivity index (χ0v) is 64.8. The molecular weight excluding hydrogens is 1260 g/mol. The number of hydrogen-bond acceptors (Lipinski definition) is 15. The van der Waals surface area contributed by atoms with Crippen molar-refractivity contribution in [1.82, 2.24) is 0 Å². The van der Waals surface area contributed by atoms with Gasteiger partial charge >= 0.3 is 39.5 Å². The normalized spacial score (nSPS) is 15.0. The Hall–Kier alpha value is -1.94. The van der Waals surface area contributed by atoms with Gasteiger partial charge in [-0.15, -0.1) is 0 Å². The second-order valence-corrected chi connectivity index (χ2v) is 31.9. The van der Waals surface area contributed by atoms with Crippen LogP contribution >= 0.6 is 15.6 Å². The number of phosphoric acid groups is 2. The number of carbonyl (C=O) groups is 4. The molecule has 8 atom stereocenters. The van der Waals surface area contributed by atoms with E-state index in [1.807, 2.05) is 0 Å². The summed E-state index contributed by atoms with van der Waals surface area (Å²) < 4.78 is 68.5. The van der Waals surface area contributed by atoms with Crippen molar-refractivity contribution in [2.24, 2.45) is 23.7 Å². The van der Waals surface area contributed by atoms with Gasteiger partial charge in [-0.2, -0.15) is 0 Å². The molecule has 0 spiro atoms. The van der Waals surface area contributed by atoms with Crippen LogP contribution in [0.4, 0.5) is 0 Å². The van der Waals surface area contributed by atoms with Crippen LogP contribution in [0.25, 0.3) is 0 Å². The van der Waals surface area contributed by atoms with Crippen molar-refractivity contribution in [3.8, 4) is 0 Å². The fraction of sp³-hybridized carbons (Fsp3) is 0.948. The molecule has 0 aromatic carbocycles. The number of carbonyl (C=O) groups excluding carboxylic acids is 4. The molecule has 0 aliphatic rings. The van der Waals surface area contributed by atoms with E-state index in [9.17, 15) is 43.2 Å². The molecule has 0 saturated carbocycles. The van der Waals surface area contributed by atoms with Gasteiger partial charge in [0.05, 0.1) is 26.4 Å². The maximum absolute atomic E-state index is 13.1. The molecule has 17 nitrogen and oxygen atoms in total. The molecule has 0 aliphatic heterocycles. The Morgan fingerprint density at radius 1 is 0.292 bits per heavy atom. The zero-order chi connectivity index (χ0) is 71.0. The maximum Gasteiger partial charge on any atom is 0.472 e. The average molecular weight is 1410 g/mol. The van der Waals surface area contributed by atoms with E-state index in [4.69, 9.17) is 37.0 Å². The molecule has 5 unspecified atom stereocenters. The number of esters is 4. The topological polar surface area (TPSA) is 237 Å². The molecule has 0 fully saturated rings. The third-order valence-corrected chi connectivity index (χ3v) is 20.8. The third-order valence-electron chi connectivity index (χ3n) is 18.9. The molecule has 0 radical (unpaired) electrons. The Morgan fingerprint density at radius 2 is 0.500 bits per heavy atom. The van der Waals surface area contributed by atoms with Crippen molar-refractivity contribution in [3.63, 3.8) is 0 Å². The van der Waals surface area contributed by atoms with Gasteiger partial charge in [0.1, 0.15) is 19.3 Å². The molecule has 0 aliphatic carbocycles. The van der Waals surface area contributed by atoms with Crippen LogP contribution in [0.15, 0.2) is 0 Å². The van der Waals surface area contributed by atoms with E-state index < -0.39 is 97.5 Å². The Bertz CT molecular complexity index is 1890. The third kappa shape index (κ3) is 66.6. The first-order chi connectivity index (χ1) is 46.2. The van der Waals surface area contributed by atoms with Gasteiger partial charge in [0.2, 0.25) is 0 Å². The summed E-state index contributed by atoms with van der Waals surface area (Å²) in [5.41, 5.74) is 0. The molecule has 3 N–H and O–H groups in total. The van der Waals surface area contributed by atoms with Crippen molar-refractivity contribution >= 4 is 39.5 Å². The van der Waals surface area contributed by atoms with Crippen LogP contribution in [0.3, 0.4) is 0 Å². The predicted molar refractivity (Wildman–Crippen MR) is 391 cm³/mol. The Labute approximate surface area is 588 Å². The summed E-state index contributed by atoms with van der Waals surface area (Å²) in [6.45, 7) is 14.2. The largest absolute Gasteiger partial charge is 0.472 e. The van der Waals surface area contributed by atoms with E-state index in [1.54, 1.807) is 0 Å². The van der Waals surface area contributed by atoms with Gasteiger partial charge in [-0.3, -0.25) is 37.3 Å². The molecule has 96 heavy (non-hydrogen) atoms. The fourth-order valence-corrected chi connectivity index (χ4v) is 13.2. The monoisotopic (exact) mass is 1410 g/mol. The fourth-order valence-electron chi connectivity index (χ4n) is 11.6. The molecule has 0 saturated heterocycles. The molecule has 19 heteroatoms. The van der Waals surface area contributed by atoms with E-state index in [1.165, 1.54) is 186 Å². The van der Waals surface area contributed by atoms with Gasteiger partial charge in [0, 0.05) is 25.7 Å². The number of rotatable bonds is 74. The van der Waals surface area contributed by atoms with Gasteiger partial charge in [-0.1, -0.05) is 338 Å². The summed E-state index contributed by atoms with van der Waals surface area (Å²) in [4.78, 5) is 72.8. The van der Waals surface area contributed by atoms with Crippen LogP contribution in [-0.2, 0) is 65.4 Å². The first kappa shape index (κ1) is 94.1. The van der Waals surface area contributed by atoms with Crippen molar-refractivity contribution < 1.29 is 80.2 Å². The molecule has 0 rings (SSSR count). The molecule has 0 bridgehead atoms. The van der Waals surface area contributed by atoms with Crippen LogP contribution < -0.4 is 0 Å². The smallest absolute Gasteiger partial charge is 0.462 e. The first-order valence-corrected chi connectivity index (χ1v) is 42.8. The SMILES string of the molecule is CCC(C)CCCCCCCCCCCCCCCCCCCCC(=O)O[C@H](COC(=O)CCCCCCCCC(C)CC)COP(=O)(O)OC[C@H](O)COP(=O)(O)OC[C@@H](COC(=O)CCCCCCCCCCCC(C)C)OC(=O)CCCCCCCCCCC(C)CC. The lowest BCUT2D eigenvalue weighted by atomic mass is 9.99. The minimum atomic E-state index is -4.96. The van der Waals surface area contributed by atoms with Crippen molar-refractivity contribution in [2.45, 2.75) is 408 Å². The van der Waals surface area contributed by atoms with E-state index in [2.05, 4.69) is 55.4 Å². The second kappa shape index (κ2) is 66.3. The summed E-state index contributed by atoms with van der Waals surface area (Å²) in [5.74, 6) is 0.992. The van der Waals surface area contributed by atoms with Crippen molar-refractivity contribution in [3.05, 3.63) is 0 Å². The lowest BCUT2D eigenvalue weighted by molar-refractivity contribution is -0.161. The number of aliphatic hydroxyl groups is 1. The van der Waals surface area contributed by atoms with E-state index >= 15 is 0 Å². The highest BCUT2D eigenvalue weighted by molar-refractivity contribution is 7.47. The van der Waals surface area contributed by atoms with Crippen LogP contribution in [-0.4, -0.2) is 96.7 Å². The van der Waals surface area contributed by atoms with E-state index in [0.29, 0.717) is 25.7 Å². The van der Waals surface area contributed by atoms with Gasteiger partial charge in [0.25, 0.3) is 0 Å². The first-order valence-electron chi connectivity index (χ1n) is 39.8. The highest BCUT2D eigenvalue weighted by Crippen LogP contribution is 2.45. The van der Waals surface area contributed by atoms with E-state index in [-0.39, 0.29) is 25.7 Å². The van der Waals surface area contributed by atoms with Crippen molar-refractivity contribution in [2.75, 3.05) is 39.6 Å². The quantitative estimate of drug-likeness (QED) is 0.0222. The lowest BCUT2D eigenvalue weighted by Crippen LogP contribution is -2.30. The number of ether oxygens (including phenoxy) is 4. The Morgan fingerprint density at radius 3 is 0.740 bits per heavy atom. The summed E-state index contributed by atoms with van der Waals surface area (Å²) in [6.07, 6.45) is 51.4. The number of hydrogen-bond donors (Lipinski definition) is 3. The molecule has 0 amide bonds. The van der Waals surface area contributed by atoms with Gasteiger partial charge in [-0.05, 0) is 49.4 Å². The highest BCUT2D eigenvalue weighted by Gasteiger charge is 2.30. The van der Waals surface area contributed by atoms with Crippen molar-refractivity contribution in [1.29, 1.82) is 0 Å². The number of unbranched alkanes of at least 4 members (excludes halogenated alkanes) is 37. The average Bonchev–Trinajstić information content (AvgIpc) is 3.61. The summed E-state index contributed by atoms with van der Waals surface area (Å²) >= 11 is 0. The number of phosphoric ester groups is 2. The number of aliphatic hydroxyl groups excluding tert-OH is 1. The van der Waals surface area contributed by atoms with Crippen LogP contribution in [0.5, 0.6) is 0 Å². The lowest BCUT2D eigenvalue weighted by Gasteiger charge is -2.21. The van der Waals surface area contributed by atoms with Crippen LogP contribution in [0.1, 0.15) is 389 Å². The standard InChI is InChI=1S/C77H150O17P2/c1-9-68(6)54-46-38-30-24-20-18-16-14-12-13-15-17-19-21-25-33-43-51-59-76(81)93-73(64-88-75(80)58-50-42-36-35-40-48-56-70(8)11-3)66-92-96(85,86)90-62-71(78)61-89-95(83,84)91-65-72(94-77(82)60-52-44-34-28-27-31-39-47-55-69(7)10-2)63-87-74(79)57-49-41-32-26-22-23-29-37-45-53-67(4)5/h67-73,78H,9-66H2,1-8H3,(H,83,84)(H,85,86)/t68?,69?,70?,71-,72-,73-/m1/s1. The molecule has 0 heterocycles. The van der Waals surface area contributed by atoms with Gasteiger partial charge in [0.15, 0.2) is 12.2 Å². The summed E-state index contributed by atoms with van der Waals surface area (Å²) in [6, 6.07) is 0. The van der Waals surface area contributed by atoms with Crippen LogP contribution in [0.2, 0.25) is 0 Å². The Kier molecular flexibility index (Phi) is 65.0. The maximum atomic E-state index is 13.1. The van der Waals surface area contributed by atoms with E-state index in [0.717, 1.165) is 120 Å². The minimum absolute atomic E-state index is 0.104. The molecular formula is C77H150O17P2. The summed E-state index contributed by atoms with van der Waals surface area (Å²) in [7, 11) is -9.91. The second-order valence-electron chi connectivity index (χ2n) is 28.9. The molecule has 0 aromatic heterocycles. The van der Waals surface area contributed by atoms with Gasteiger partial charge < -0.3 is 33.8 Å². The molecule has 570 valence electrons. The molecule has 0 aromatic rings. The summed E-state index contributed by atoms with van der Waals surface area (Å²) in [5, 5.41) is 10.6.